The maximum atomic E-state index is 13.6. The SMILES string of the molecule is Cn1cc(/C=N\N2C(=O)[C@H]3C4c5ccccc5C(c5ccccc54)[C@@H]3C2=O)c2ccccc21. The van der Waals surface area contributed by atoms with Gasteiger partial charge in [0.15, 0.2) is 0 Å². The predicted octanol–water partition coefficient (Wildman–Crippen LogP) is 4.40. The average molecular weight is 431 g/mol. The first-order valence-electron chi connectivity index (χ1n) is 11.3. The van der Waals surface area contributed by atoms with Gasteiger partial charge in [0.25, 0.3) is 11.8 Å². The Labute approximate surface area is 190 Å². The Kier molecular flexibility index (Phi) is 3.67. The third kappa shape index (κ3) is 2.34. The van der Waals surface area contributed by atoms with E-state index in [-0.39, 0.29) is 23.7 Å². The van der Waals surface area contributed by atoms with E-state index in [0.717, 1.165) is 21.5 Å². The van der Waals surface area contributed by atoms with Gasteiger partial charge in [-0.25, -0.2) is 0 Å². The monoisotopic (exact) mass is 431 g/mol. The van der Waals surface area contributed by atoms with Gasteiger partial charge in [0.2, 0.25) is 0 Å². The van der Waals surface area contributed by atoms with Gasteiger partial charge >= 0.3 is 0 Å². The minimum absolute atomic E-state index is 0.110. The van der Waals surface area contributed by atoms with Crippen molar-refractivity contribution in [3.8, 4) is 0 Å². The Morgan fingerprint density at radius 1 is 0.727 bits per heavy atom. The molecule has 33 heavy (non-hydrogen) atoms. The molecular weight excluding hydrogens is 410 g/mol. The fraction of sp³-hybridized carbons (Fsp3) is 0.179. The molecule has 2 bridgehead atoms. The van der Waals surface area contributed by atoms with Crippen LogP contribution in [0.25, 0.3) is 10.9 Å². The number of carbonyl (C=O) groups is 2. The van der Waals surface area contributed by atoms with E-state index in [9.17, 15) is 9.59 Å². The minimum atomic E-state index is -0.406. The van der Waals surface area contributed by atoms with Crippen molar-refractivity contribution in [2.75, 3.05) is 0 Å². The largest absolute Gasteiger partial charge is 0.350 e. The van der Waals surface area contributed by atoms with E-state index < -0.39 is 11.8 Å². The number of aromatic nitrogens is 1. The summed E-state index contributed by atoms with van der Waals surface area (Å²) in [6, 6.07) is 24.6. The lowest BCUT2D eigenvalue weighted by Gasteiger charge is -2.45. The van der Waals surface area contributed by atoms with Crippen molar-refractivity contribution in [1.29, 1.82) is 0 Å². The molecule has 8 rings (SSSR count). The Morgan fingerprint density at radius 3 is 1.76 bits per heavy atom. The third-order valence-electron chi connectivity index (χ3n) is 7.67. The van der Waals surface area contributed by atoms with Crippen LogP contribution in [-0.2, 0) is 16.6 Å². The van der Waals surface area contributed by atoms with E-state index in [4.69, 9.17) is 0 Å². The second-order valence-electron chi connectivity index (χ2n) is 9.21. The molecule has 3 aliphatic carbocycles. The molecule has 2 atom stereocenters. The number of imide groups is 1. The van der Waals surface area contributed by atoms with Crippen LogP contribution in [-0.4, -0.2) is 27.6 Å². The van der Waals surface area contributed by atoms with E-state index >= 15 is 0 Å². The highest BCUT2D eigenvalue weighted by Gasteiger charge is 2.61. The highest BCUT2D eigenvalue weighted by atomic mass is 16.2. The topological polar surface area (TPSA) is 54.7 Å². The lowest BCUT2D eigenvalue weighted by atomic mass is 9.55. The Balaban J connectivity index is 1.33. The maximum Gasteiger partial charge on any atom is 0.254 e. The standard InChI is InChI=1S/C28H21N3O2/c1-30-15-16(17-8-6-7-13-22(17)30)14-29-31-27(32)25-23-18-9-2-3-10-19(18)24(26(25)28(31)33)21-12-5-4-11-20(21)23/h2-15,23-26H,1H3/b29-14-/t23?,24?,25-,26-/m0/s1. The molecule has 0 radical (unpaired) electrons. The summed E-state index contributed by atoms with van der Waals surface area (Å²) in [7, 11) is 1.98. The van der Waals surface area contributed by atoms with Crippen LogP contribution in [0.1, 0.15) is 39.7 Å². The molecule has 2 heterocycles. The lowest BCUT2D eigenvalue weighted by molar-refractivity contribution is -0.139. The van der Waals surface area contributed by atoms with Crippen LogP contribution in [0.2, 0.25) is 0 Å². The van der Waals surface area contributed by atoms with Crippen molar-refractivity contribution in [3.63, 3.8) is 0 Å². The van der Waals surface area contributed by atoms with Gasteiger partial charge in [-0.15, -0.1) is 0 Å². The van der Waals surface area contributed by atoms with Gasteiger partial charge < -0.3 is 4.57 Å². The number of nitrogens with zero attached hydrogens (tertiary/aromatic N) is 3. The molecule has 5 heteroatoms. The van der Waals surface area contributed by atoms with Crippen LogP contribution in [0.3, 0.4) is 0 Å². The van der Waals surface area contributed by atoms with E-state index in [2.05, 4.69) is 29.4 Å². The Hall–Kier alpha value is -3.99. The molecule has 0 unspecified atom stereocenters. The molecular formula is C28H21N3O2. The van der Waals surface area contributed by atoms with Gasteiger partial charge in [-0.3, -0.25) is 9.59 Å². The van der Waals surface area contributed by atoms with Crippen molar-refractivity contribution in [3.05, 3.63) is 107 Å². The summed E-state index contributed by atoms with van der Waals surface area (Å²) in [5, 5.41) is 6.64. The number of rotatable bonds is 2. The normalized spacial score (nSPS) is 25.1. The lowest BCUT2D eigenvalue weighted by Crippen LogP contribution is -2.41. The molecule has 4 aliphatic rings. The first-order chi connectivity index (χ1) is 16.1. The van der Waals surface area contributed by atoms with Gasteiger partial charge in [0.1, 0.15) is 0 Å². The van der Waals surface area contributed by atoms with Crippen LogP contribution >= 0.6 is 0 Å². The quantitative estimate of drug-likeness (QED) is 0.349. The van der Waals surface area contributed by atoms with Crippen molar-refractivity contribution in [1.82, 2.24) is 9.58 Å². The van der Waals surface area contributed by atoms with Crippen molar-refractivity contribution in [2.45, 2.75) is 11.8 Å². The van der Waals surface area contributed by atoms with Crippen LogP contribution in [0, 0.1) is 11.8 Å². The Bertz CT molecular complexity index is 1400. The highest BCUT2D eigenvalue weighted by Crippen LogP contribution is 2.60. The molecule has 1 aromatic heterocycles. The van der Waals surface area contributed by atoms with E-state index in [1.54, 1.807) is 6.21 Å². The molecule has 3 aromatic carbocycles. The number of benzene rings is 3. The van der Waals surface area contributed by atoms with Crippen LogP contribution in [0.4, 0.5) is 0 Å². The number of hydrogen-bond acceptors (Lipinski definition) is 3. The number of hydrazone groups is 1. The summed E-state index contributed by atoms with van der Waals surface area (Å²) >= 11 is 0. The van der Waals surface area contributed by atoms with Gasteiger partial charge in [-0.2, -0.15) is 10.1 Å². The van der Waals surface area contributed by atoms with Crippen LogP contribution < -0.4 is 0 Å². The summed E-state index contributed by atoms with van der Waals surface area (Å²) in [6.45, 7) is 0. The number of hydrogen-bond donors (Lipinski definition) is 0. The van der Waals surface area contributed by atoms with Crippen LogP contribution in [0.15, 0.2) is 84.1 Å². The number of carbonyl (C=O) groups excluding carboxylic acids is 2. The average Bonchev–Trinajstić information content (AvgIpc) is 3.31. The summed E-state index contributed by atoms with van der Waals surface area (Å²) in [4.78, 5) is 27.3. The molecule has 1 fully saturated rings. The van der Waals surface area contributed by atoms with Crippen molar-refractivity contribution >= 4 is 28.9 Å². The van der Waals surface area contributed by atoms with E-state index in [1.165, 1.54) is 22.3 Å². The summed E-state index contributed by atoms with van der Waals surface area (Å²) < 4.78 is 2.03. The first kappa shape index (κ1) is 18.6. The second-order valence-corrected chi connectivity index (χ2v) is 9.21. The van der Waals surface area contributed by atoms with E-state index in [0.29, 0.717) is 0 Å². The molecule has 2 amide bonds. The Morgan fingerprint density at radius 2 is 1.21 bits per heavy atom. The number of para-hydroxylation sites is 1. The molecule has 1 saturated heterocycles. The summed E-state index contributed by atoms with van der Waals surface area (Å²) in [5.74, 6) is -1.42. The number of amides is 2. The molecule has 0 N–H and O–H groups in total. The number of aryl methyl sites for hydroxylation is 1. The zero-order chi connectivity index (χ0) is 22.3. The second kappa shape index (κ2) is 6.51. The third-order valence-corrected chi connectivity index (χ3v) is 7.67. The predicted molar refractivity (Wildman–Crippen MR) is 126 cm³/mol. The first-order valence-corrected chi connectivity index (χ1v) is 11.3. The zero-order valence-corrected chi connectivity index (χ0v) is 18.1. The van der Waals surface area contributed by atoms with Gasteiger partial charge in [-0.1, -0.05) is 66.7 Å². The van der Waals surface area contributed by atoms with Gasteiger partial charge in [0.05, 0.1) is 18.1 Å². The summed E-state index contributed by atoms with van der Waals surface area (Å²) in [6.07, 6.45) is 3.62. The minimum Gasteiger partial charge on any atom is -0.350 e. The van der Waals surface area contributed by atoms with Crippen LogP contribution in [0.5, 0.6) is 0 Å². The van der Waals surface area contributed by atoms with Crippen molar-refractivity contribution < 1.29 is 9.59 Å². The smallest absolute Gasteiger partial charge is 0.254 e. The fourth-order valence-corrected chi connectivity index (χ4v) is 6.37. The maximum absolute atomic E-state index is 13.6. The van der Waals surface area contributed by atoms with Gasteiger partial charge in [0, 0.05) is 41.5 Å². The molecule has 0 spiro atoms. The molecule has 160 valence electrons. The molecule has 4 aromatic rings. The molecule has 1 aliphatic heterocycles. The van der Waals surface area contributed by atoms with Crippen molar-refractivity contribution in [2.24, 2.45) is 24.0 Å². The highest BCUT2D eigenvalue weighted by molar-refractivity contribution is 6.08. The summed E-state index contributed by atoms with van der Waals surface area (Å²) in [5.41, 5.74) is 6.65. The zero-order valence-electron chi connectivity index (χ0n) is 18.1. The molecule has 5 nitrogen and oxygen atoms in total. The fourth-order valence-electron chi connectivity index (χ4n) is 6.37. The number of fused-ring (bicyclic) bond motifs is 1. The van der Waals surface area contributed by atoms with E-state index in [1.807, 2.05) is 66.3 Å². The van der Waals surface area contributed by atoms with Gasteiger partial charge in [-0.05, 0) is 28.3 Å². The molecule has 0 saturated carbocycles.